The van der Waals surface area contributed by atoms with Crippen LogP contribution in [0.1, 0.15) is 30.5 Å². The SMILES string of the molecule is Oc1cc2ccccc2cc1OCCCCCOc1ccc(/C=C/c2ccc3ccccc3n2)cc1. The minimum absolute atomic E-state index is 0.184. The standard InChI is InChI=1S/C32H29NO3/c34-31-22-26-9-2-3-10-27(26)23-32(31)36-21-7-1-6-20-35-29-18-13-24(14-19-29)12-16-28-17-15-25-8-4-5-11-30(25)33-28/h2-5,8-19,22-23,34H,1,6-7,20-21H2/b16-12+. The highest BCUT2D eigenvalue weighted by molar-refractivity contribution is 5.86. The number of phenols is 1. The highest BCUT2D eigenvalue weighted by Crippen LogP contribution is 2.31. The number of para-hydroxylation sites is 1. The smallest absolute Gasteiger partial charge is 0.161 e. The van der Waals surface area contributed by atoms with Crippen LogP contribution < -0.4 is 9.47 Å². The highest BCUT2D eigenvalue weighted by atomic mass is 16.5. The zero-order chi connectivity index (χ0) is 24.6. The van der Waals surface area contributed by atoms with Gasteiger partial charge in [-0.05, 0) is 78.1 Å². The monoisotopic (exact) mass is 475 g/mol. The van der Waals surface area contributed by atoms with Gasteiger partial charge >= 0.3 is 0 Å². The van der Waals surface area contributed by atoms with Crippen molar-refractivity contribution in [3.8, 4) is 17.2 Å². The van der Waals surface area contributed by atoms with E-state index in [2.05, 4.69) is 35.3 Å². The van der Waals surface area contributed by atoms with Crippen molar-refractivity contribution in [2.45, 2.75) is 19.3 Å². The Morgan fingerprint density at radius 2 is 1.33 bits per heavy atom. The van der Waals surface area contributed by atoms with Gasteiger partial charge in [0.1, 0.15) is 5.75 Å². The van der Waals surface area contributed by atoms with Crippen molar-refractivity contribution in [3.63, 3.8) is 0 Å². The molecule has 0 aliphatic rings. The van der Waals surface area contributed by atoms with Crippen molar-refractivity contribution < 1.29 is 14.6 Å². The van der Waals surface area contributed by atoms with Gasteiger partial charge in [-0.1, -0.05) is 66.7 Å². The number of benzene rings is 4. The molecule has 4 aromatic carbocycles. The quantitative estimate of drug-likeness (QED) is 0.209. The lowest BCUT2D eigenvalue weighted by atomic mass is 10.1. The number of pyridine rings is 1. The van der Waals surface area contributed by atoms with Crippen LogP contribution in [0, 0.1) is 0 Å². The third kappa shape index (κ3) is 6.02. The third-order valence-electron chi connectivity index (χ3n) is 6.09. The molecule has 1 N–H and O–H groups in total. The fraction of sp³-hybridized carbons (Fsp3) is 0.156. The van der Waals surface area contributed by atoms with Crippen molar-refractivity contribution in [3.05, 3.63) is 108 Å². The molecule has 180 valence electrons. The van der Waals surface area contributed by atoms with E-state index >= 15 is 0 Å². The van der Waals surface area contributed by atoms with Gasteiger partial charge in [-0.3, -0.25) is 0 Å². The second-order valence-corrected chi connectivity index (χ2v) is 8.76. The number of unbranched alkanes of at least 4 members (excludes halogenated alkanes) is 2. The average molecular weight is 476 g/mol. The van der Waals surface area contributed by atoms with Gasteiger partial charge in [-0.25, -0.2) is 4.98 Å². The fourth-order valence-electron chi connectivity index (χ4n) is 4.11. The van der Waals surface area contributed by atoms with Crippen LogP contribution in [0.2, 0.25) is 0 Å². The number of aromatic nitrogens is 1. The van der Waals surface area contributed by atoms with Crippen molar-refractivity contribution >= 4 is 33.8 Å². The molecule has 4 nitrogen and oxygen atoms in total. The molecule has 0 bridgehead atoms. The van der Waals surface area contributed by atoms with Gasteiger partial charge in [0.2, 0.25) is 0 Å². The number of hydrogen-bond acceptors (Lipinski definition) is 4. The number of ether oxygens (including phenoxy) is 2. The first-order valence-electron chi connectivity index (χ1n) is 12.4. The first kappa shape index (κ1) is 23.4. The van der Waals surface area contributed by atoms with E-state index in [0.29, 0.717) is 19.0 Å². The van der Waals surface area contributed by atoms with E-state index in [9.17, 15) is 5.11 Å². The maximum atomic E-state index is 10.2. The Labute approximate surface area is 211 Å². The van der Waals surface area contributed by atoms with Gasteiger partial charge < -0.3 is 14.6 Å². The molecule has 0 unspecified atom stereocenters. The zero-order valence-electron chi connectivity index (χ0n) is 20.1. The van der Waals surface area contributed by atoms with Gasteiger partial charge in [0, 0.05) is 5.39 Å². The summed E-state index contributed by atoms with van der Waals surface area (Å²) in [5.41, 5.74) is 3.04. The Morgan fingerprint density at radius 3 is 2.14 bits per heavy atom. The molecule has 0 atom stereocenters. The lowest BCUT2D eigenvalue weighted by Gasteiger charge is -2.10. The van der Waals surface area contributed by atoms with Gasteiger partial charge in [-0.2, -0.15) is 0 Å². The Kier molecular flexibility index (Phi) is 7.43. The molecule has 0 saturated heterocycles. The van der Waals surface area contributed by atoms with Gasteiger partial charge in [0.05, 0.1) is 24.4 Å². The normalized spacial score (nSPS) is 11.3. The summed E-state index contributed by atoms with van der Waals surface area (Å²) in [6.45, 7) is 1.23. The molecule has 0 radical (unpaired) electrons. The predicted molar refractivity (Wildman–Crippen MR) is 148 cm³/mol. The number of fused-ring (bicyclic) bond motifs is 2. The summed E-state index contributed by atoms with van der Waals surface area (Å²) < 4.78 is 11.7. The number of rotatable bonds is 10. The summed E-state index contributed by atoms with van der Waals surface area (Å²) in [6.07, 6.45) is 6.94. The maximum absolute atomic E-state index is 10.2. The average Bonchev–Trinajstić information content (AvgIpc) is 2.92. The van der Waals surface area contributed by atoms with Crippen LogP contribution in [0.5, 0.6) is 17.2 Å². The summed E-state index contributed by atoms with van der Waals surface area (Å²) in [5.74, 6) is 1.59. The van der Waals surface area contributed by atoms with E-state index in [4.69, 9.17) is 9.47 Å². The number of nitrogens with zero attached hydrogens (tertiary/aromatic N) is 1. The van der Waals surface area contributed by atoms with Crippen molar-refractivity contribution in [1.29, 1.82) is 0 Å². The molecule has 0 aliphatic heterocycles. The van der Waals surface area contributed by atoms with Crippen molar-refractivity contribution in [1.82, 2.24) is 4.98 Å². The van der Waals surface area contributed by atoms with E-state index in [1.807, 2.05) is 72.8 Å². The molecule has 0 saturated carbocycles. The van der Waals surface area contributed by atoms with Crippen LogP contribution >= 0.6 is 0 Å². The molecular weight excluding hydrogens is 446 g/mol. The van der Waals surface area contributed by atoms with E-state index in [0.717, 1.165) is 57.9 Å². The van der Waals surface area contributed by atoms with Gasteiger partial charge in [-0.15, -0.1) is 0 Å². The first-order chi connectivity index (χ1) is 17.7. The Bertz CT molecular complexity index is 1470. The van der Waals surface area contributed by atoms with Crippen molar-refractivity contribution in [2.24, 2.45) is 0 Å². The van der Waals surface area contributed by atoms with Crippen LogP contribution in [-0.4, -0.2) is 23.3 Å². The summed E-state index contributed by atoms with van der Waals surface area (Å²) in [6, 6.07) is 31.9. The number of hydrogen-bond donors (Lipinski definition) is 1. The molecule has 0 spiro atoms. The Hall–Kier alpha value is -4.31. The van der Waals surface area contributed by atoms with Crippen LogP contribution in [-0.2, 0) is 0 Å². The van der Waals surface area contributed by atoms with Crippen LogP contribution in [0.15, 0.2) is 97.1 Å². The lowest BCUT2D eigenvalue weighted by Crippen LogP contribution is -2.01. The molecule has 36 heavy (non-hydrogen) atoms. The Morgan fingerprint density at radius 1 is 0.639 bits per heavy atom. The largest absolute Gasteiger partial charge is 0.504 e. The van der Waals surface area contributed by atoms with E-state index < -0.39 is 0 Å². The summed E-state index contributed by atoms with van der Waals surface area (Å²) in [4.78, 5) is 4.68. The van der Waals surface area contributed by atoms with Crippen LogP contribution in [0.4, 0.5) is 0 Å². The molecule has 0 amide bonds. The molecule has 4 heteroatoms. The molecule has 1 aromatic heterocycles. The molecular formula is C32H29NO3. The zero-order valence-corrected chi connectivity index (χ0v) is 20.1. The minimum Gasteiger partial charge on any atom is -0.504 e. The predicted octanol–water partition coefficient (Wildman–Crippen LogP) is 7.89. The third-order valence-corrected chi connectivity index (χ3v) is 6.09. The molecule has 1 heterocycles. The number of phenolic OH excluding ortho intramolecular Hbond substituents is 1. The minimum atomic E-state index is 0.184. The second kappa shape index (κ2) is 11.4. The topological polar surface area (TPSA) is 51.6 Å². The lowest BCUT2D eigenvalue weighted by molar-refractivity contribution is 0.272. The molecule has 5 rings (SSSR count). The van der Waals surface area contributed by atoms with Crippen LogP contribution in [0.25, 0.3) is 33.8 Å². The molecule has 5 aromatic rings. The van der Waals surface area contributed by atoms with E-state index in [-0.39, 0.29) is 5.75 Å². The van der Waals surface area contributed by atoms with Gasteiger partial charge in [0.25, 0.3) is 0 Å². The van der Waals surface area contributed by atoms with E-state index in [1.165, 1.54) is 0 Å². The number of aromatic hydroxyl groups is 1. The summed E-state index contributed by atoms with van der Waals surface area (Å²) >= 11 is 0. The van der Waals surface area contributed by atoms with Crippen LogP contribution in [0.3, 0.4) is 0 Å². The van der Waals surface area contributed by atoms with Gasteiger partial charge in [0.15, 0.2) is 11.5 Å². The van der Waals surface area contributed by atoms with Crippen molar-refractivity contribution in [2.75, 3.05) is 13.2 Å². The van der Waals surface area contributed by atoms with E-state index in [1.54, 1.807) is 6.07 Å². The highest BCUT2D eigenvalue weighted by Gasteiger charge is 2.05. The first-order valence-corrected chi connectivity index (χ1v) is 12.4. The molecule has 0 fully saturated rings. The molecule has 0 aliphatic carbocycles. The fourth-order valence-corrected chi connectivity index (χ4v) is 4.11. The second-order valence-electron chi connectivity index (χ2n) is 8.76. The summed E-state index contributed by atoms with van der Waals surface area (Å²) in [5, 5.41) is 13.4. The summed E-state index contributed by atoms with van der Waals surface area (Å²) in [7, 11) is 0. The maximum Gasteiger partial charge on any atom is 0.161 e. The Balaban J connectivity index is 1.02.